The number of carbonyl (C=O) groups is 2. The first-order valence-electron chi connectivity index (χ1n) is 9.66. The van der Waals surface area contributed by atoms with Gasteiger partial charge in [-0.2, -0.15) is 0 Å². The Hall–Kier alpha value is -3.05. The molecule has 0 atom stereocenters. The van der Waals surface area contributed by atoms with Gasteiger partial charge in [0.2, 0.25) is 6.79 Å². The summed E-state index contributed by atoms with van der Waals surface area (Å²) in [5, 5.41) is 3.76. The van der Waals surface area contributed by atoms with Crippen molar-refractivity contribution in [1.29, 1.82) is 0 Å². The molecule has 0 saturated heterocycles. The Morgan fingerprint density at radius 3 is 2.81 bits per heavy atom. The molecule has 1 amide bonds. The molecule has 1 aromatic heterocycles. The lowest BCUT2D eigenvalue weighted by Gasteiger charge is -2.13. The standard InChI is InChI=1S/C20H21N3O6S2/c1-26-19(25)17-12-4-2-3-5-15(12)31-18(17)21-20(30)23-22-16(24)9-27-11-6-7-13-14(8-11)29-10-28-13/h6-8H,2-5,9-10H2,1H3,(H,22,24)(H2,21,23,30). The molecule has 1 aliphatic heterocycles. The smallest absolute Gasteiger partial charge is 0.341 e. The summed E-state index contributed by atoms with van der Waals surface area (Å²) < 4.78 is 20.9. The van der Waals surface area contributed by atoms with Gasteiger partial charge in [-0.1, -0.05) is 0 Å². The minimum atomic E-state index is -0.430. The molecule has 11 heteroatoms. The summed E-state index contributed by atoms with van der Waals surface area (Å²) in [5.41, 5.74) is 6.63. The van der Waals surface area contributed by atoms with Crippen LogP contribution in [0, 0.1) is 0 Å². The number of methoxy groups -OCH3 is 1. The Bertz CT molecular complexity index is 1020. The number of benzene rings is 1. The van der Waals surface area contributed by atoms with Crippen LogP contribution in [0.15, 0.2) is 18.2 Å². The van der Waals surface area contributed by atoms with E-state index >= 15 is 0 Å². The zero-order valence-corrected chi connectivity index (χ0v) is 18.4. The van der Waals surface area contributed by atoms with E-state index in [-0.39, 0.29) is 18.5 Å². The van der Waals surface area contributed by atoms with Gasteiger partial charge in [0.1, 0.15) is 10.8 Å². The molecule has 0 radical (unpaired) electrons. The van der Waals surface area contributed by atoms with Gasteiger partial charge in [0.15, 0.2) is 23.2 Å². The Balaban J connectivity index is 1.29. The van der Waals surface area contributed by atoms with E-state index in [1.54, 1.807) is 18.2 Å². The van der Waals surface area contributed by atoms with Crippen LogP contribution in [0.2, 0.25) is 0 Å². The van der Waals surface area contributed by atoms with Crippen LogP contribution in [0.1, 0.15) is 33.6 Å². The highest BCUT2D eigenvalue weighted by molar-refractivity contribution is 7.80. The molecule has 31 heavy (non-hydrogen) atoms. The van der Waals surface area contributed by atoms with E-state index in [2.05, 4.69) is 16.2 Å². The van der Waals surface area contributed by atoms with E-state index in [4.69, 9.17) is 31.2 Å². The van der Waals surface area contributed by atoms with E-state index in [1.807, 2.05) is 0 Å². The second-order valence-corrected chi connectivity index (χ2v) is 8.35. The van der Waals surface area contributed by atoms with Gasteiger partial charge in [-0.05, 0) is 55.6 Å². The van der Waals surface area contributed by atoms with Gasteiger partial charge >= 0.3 is 5.97 Å². The second-order valence-electron chi connectivity index (χ2n) is 6.84. The lowest BCUT2D eigenvalue weighted by Crippen LogP contribution is -2.45. The number of hydrogen-bond donors (Lipinski definition) is 3. The number of anilines is 1. The van der Waals surface area contributed by atoms with E-state index in [0.29, 0.717) is 27.8 Å². The Kier molecular flexibility index (Phi) is 6.42. The number of thiocarbonyl (C=S) groups is 1. The average Bonchev–Trinajstić information content (AvgIpc) is 3.39. The van der Waals surface area contributed by atoms with Crippen LogP contribution in [0.5, 0.6) is 17.2 Å². The first-order chi connectivity index (χ1) is 15.0. The third-order valence-corrected chi connectivity index (χ3v) is 6.23. The first-order valence-corrected chi connectivity index (χ1v) is 10.9. The summed E-state index contributed by atoms with van der Waals surface area (Å²) in [7, 11) is 1.36. The Morgan fingerprint density at radius 1 is 1.16 bits per heavy atom. The number of carbonyl (C=O) groups excluding carboxylic acids is 2. The van der Waals surface area contributed by atoms with Crippen molar-refractivity contribution >= 4 is 45.5 Å². The summed E-state index contributed by atoms with van der Waals surface area (Å²) in [6.45, 7) is -0.0610. The van der Waals surface area contributed by atoms with Crippen LogP contribution in [0.4, 0.5) is 5.00 Å². The minimum absolute atomic E-state index is 0.153. The molecule has 3 N–H and O–H groups in total. The van der Waals surface area contributed by atoms with Crippen LogP contribution in [0.3, 0.4) is 0 Å². The third-order valence-electron chi connectivity index (χ3n) is 4.82. The van der Waals surface area contributed by atoms with Crippen molar-refractivity contribution in [3.63, 3.8) is 0 Å². The summed E-state index contributed by atoms with van der Waals surface area (Å²) in [6.07, 6.45) is 3.90. The predicted octanol–water partition coefficient (Wildman–Crippen LogP) is 2.54. The van der Waals surface area contributed by atoms with Crippen molar-refractivity contribution in [3.05, 3.63) is 34.2 Å². The number of ether oxygens (including phenoxy) is 4. The summed E-state index contributed by atoms with van der Waals surface area (Å²) >= 11 is 6.74. The molecular weight excluding hydrogens is 442 g/mol. The van der Waals surface area contributed by atoms with Crippen molar-refractivity contribution in [3.8, 4) is 17.2 Å². The Labute approximate surface area is 188 Å². The van der Waals surface area contributed by atoms with Gasteiger partial charge in [-0.15, -0.1) is 11.3 Å². The molecule has 9 nitrogen and oxygen atoms in total. The van der Waals surface area contributed by atoms with Gasteiger partial charge in [0, 0.05) is 10.9 Å². The number of rotatable bonds is 5. The van der Waals surface area contributed by atoms with Gasteiger partial charge in [-0.3, -0.25) is 15.6 Å². The van der Waals surface area contributed by atoms with E-state index in [1.165, 1.54) is 18.4 Å². The molecule has 4 rings (SSSR count). The molecule has 0 unspecified atom stereocenters. The van der Waals surface area contributed by atoms with Gasteiger partial charge < -0.3 is 24.3 Å². The van der Waals surface area contributed by atoms with Crippen LogP contribution < -0.4 is 30.4 Å². The predicted molar refractivity (Wildman–Crippen MR) is 118 cm³/mol. The van der Waals surface area contributed by atoms with Crippen molar-refractivity contribution in [2.75, 3.05) is 25.8 Å². The average molecular weight is 464 g/mol. The summed E-state index contributed by atoms with van der Waals surface area (Å²) in [5.74, 6) is 0.858. The highest BCUT2D eigenvalue weighted by Crippen LogP contribution is 2.38. The fourth-order valence-corrected chi connectivity index (χ4v) is 4.88. The number of hydrogen-bond acceptors (Lipinski definition) is 8. The molecular formula is C20H21N3O6S2. The van der Waals surface area contributed by atoms with Gasteiger partial charge in [0.05, 0.1) is 12.7 Å². The number of esters is 1. The quantitative estimate of drug-likeness (QED) is 0.350. The maximum absolute atomic E-state index is 12.3. The fourth-order valence-electron chi connectivity index (χ4n) is 3.38. The molecule has 0 fully saturated rings. The number of fused-ring (bicyclic) bond motifs is 2. The SMILES string of the molecule is COC(=O)c1c(NC(=S)NNC(=O)COc2ccc3c(c2)OCO3)sc2c1CCCC2. The zero-order valence-electron chi connectivity index (χ0n) is 16.7. The molecule has 2 aromatic rings. The Morgan fingerprint density at radius 2 is 1.97 bits per heavy atom. The molecule has 1 aliphatic carbocycles. The van der Waals surface area contributed by atoms with E-state index < -0.39 is 11.9 Å². The van der Waals surface area contributed by atoms with E-state index in [0.717, 1.165) is 36.1 Å². The number of amides is 1. The van der Waals surface area contributed by atoms with Crippen molar-refractivity contribution in [2.24, 2.45) is 0 Å². The highest BCUT2D eigenvalue weighted by atomic mass is 32.1. The summed E-state index contributed by atoms with van der Waals surface area (Å²) in [6, 6.07) is 5.06. The zero-order chi connectivity index (χ0) is 21.8. The largest absolute Gasteiger partial charge is 0.484 e. The highest BCUT2D eigenvalue weighted by Gasteiger charge is 2.26. The van der Waals surface area contributed by atoms with Gasteiger partial charge in [0.25, 0.3) is 5.91 Å². The molecule has 2 heterocycles. The first kappa shape index (κ1) is 21.2. The van der Waals surface area contributed by atoms with Crippen molar-refractivity contribution in [1.82, 2.24) is 10.9 Å². The van der Waals surface area contributed by atoms with Crippen molar-refractivity contribution in [2.45, 2.75) is 25.7 Å². The molecule has 1 aromatic carbocycles. The molecule has 2 aliphatic rings. The second kappa shape index (κ2) is 9.40. The molecule has 0 spiro atoms. The lowest BCUT2D eigenvalue weighted by molar-refractivity contribution is -0.123. The summed E-state index contributed by atoms with van der Waals surface area (Å²) in [4.78, 5) is 25.5. The number of aryl methyl sites for hydroxylation is 1. The number of nitrogens with one attached hydrogen (secondary N) is 3. The number of hydrazine groups is 1. The third kappa shape index (κ3) is 4.83. The minimum Gasteiger partial charge on any atom is -0.484 e. The monoisotopic (exact) mass is 463 g/mol. The van der Waals surface area contributed by atoms with Crippen LogP contribution in [0.25, 0.3) is 0 Å². The van der Waals surface area contributed by atoms with Gasteiger partial charge in [-0.25, -0.2) is 4.79 Å². The molecule has 0 saturated carbocycles. The maximum atomic E-state index is 12.3. The van der Waals surface area contributed by atoms with Crippen molar-refractivity contribution < 1.29 is 28.5 Å². The lowest BCUT2D eigenvalue weighted by atomic mass is 9.95. The topological polar surface area (TPSA) is 107 Å². The van der Waals surface area contributed by atoms with Crippen LogP contribution in [-0.2, 0) is 22.4 Å². The van der Waals surface area contributed by atoms with Crippen LogP contribution >= 0.6 is 23.6 Å². The molecule has 0 bridgehead atoms. The fraction of sp³-hybridized carbons (Fsp3) is 0.350. The normalized spacial score (nSPS) is 13.7. The van der Waals surface area contributed by atoms with Crippen LogP contribution in [-0.4, -0.2) is 37.5 Å². The molecule has 164 valence electrons. The number of thiophene rings is 1. The van der Waals surface area contributed by atoms with E-state index in [9.17, 15) is 9.59 Å². The maximum Gasteiger partial charge on any atom is 0.341 e.